The number of carbonyl (C=O) groups is 1. The summed E-state index contributed by atoms with van der Waals surface area (Å²) in [5, 5.41) is 13.1. The van der Waals surface area contributed by atoms with Gasteiger partial charge in [-0.15, -0.1) is 0 Å². The van der Waals surface area contributed by atoms with Gasteiger partial charge in [-0.25, -0.2) is 10.3 Å². The van der Waals surface area contributed by atoms with E-state index < -0.39 is 0 Å². The van der Waals surface area contributed by atoms with Crippen molar-refractivity contribution in [2.45, 2.75) is 77.2 Å². The molecule has 3 atom stereocenters. The Morgan fingerprint density at radius 2 is 2.03 bits per heavy atom. The van der Waals surface area contributed by atoms with Crippen LogP contribution in [0.1, 0.15) is 76.7 Å². The lowest BCUT2D eigenvalue weighted by Crippen LogP contribution is -2.48. The van der Waals surface area contributed by atoms with Crippen molar-refractivity contribution in [3.05, 3.63) is 34.9 Å². The van der Waals surface area contributed by atoms with Crippen LogP contribution < -0.4 is 10.8 Å². The SMILES string of the molecule is CCCC(c1cccc(Cl)c1)C(C)CN(C)C(=O)NC(CNO)CC1CCCCC1. The van der Waals surface area contributed by atoms with E-state index >= 15 is 0 Å². The summed E-state index contributed by atoms with van der Waals surface area (Å²) >= 11 is 6.22. The minimum Gasteiger partial charge on any atom is -0.334 e. The van der Waals surface area contributed by atoms with Crippen molar-refractivity contribution in [2.24, 2.45) is 11.8 Å². The highest BCUT2D eigenvalue weighted by molar-refractivity contribution is 6.30. The zero-order valence-corrected chi connectivity index (χ0v) is 19.6. The summed E-state index contributed by atoms with van der Waals surface area (Å²) in [4.78, 5) is 14.6. The quantitative estimate of drug-likeness (QED) is 0.382. The average Bonchev–Trinajstić information content (AvgIpc) is 2.72. The third-order valence-corrected chi connectivity index (χ3v) is 6.71. The molecule has 0 saturated heterocycles. The second-order valence-corrected chi connectivity index (χ2v) is 9.49. The molecular weight excluding hydrogens is 398 g/mol. The van der Waals surface area contributed by atoms with Gasteiger partial charge < -0.3 is 15.4 Å². The molecule has 0 radical (unpaired) electrons. The standard InChI is InChI=1S/C24H40ClN3O2/c1-4-9-23(20-12-8-13-21(25)15-20)18(2)17-28(3)24(29)27-22(16-26-30)14-19-10-6-5-7-11-19/h8,12-13,15,18-19,22-23,26,30H,4-7,9-11,14,16-17H2,1-3H3,(H,27,29). The Labute approximate surface area is 187 Å². The maximum atomic E-state index is 12.9. The molecule has 1 saturated carbocycles. The molecule has 3 N–H and O–H groups in total. The molecule has 0 aromatic heterocycles. The van der Waals surface area contributed by atoms with Crippen molar-refractivity contribution in [3.63, 3.8) is 0 Å². The molecule has 1 aliphatic carbocycles. The van der Waals surface area contributed by atoms with Crippen LogP contribution >= 0.6 is 11.6 Å². The van der Waals surface area contributed by atoms with Gasteiger partial charge in [0.1, 0.15) is 0 Å². The molecule has 1 fully saturated rings. The van der Waals surface area contributed by atoms with E-state index in [1.54, 1.807) is 4.90 Å². The molecular formula is C24H40ClN3O2. The van der Waals surface area contributed by atoms with E-state index in [0.29, 0.717) is 30.8 Å². The third kappa shape index (κ3) is 8.09. The Hall–Kier alpha value is -1.30. The molecule has 5 nitrogen and oxygen atoms in total. The molecule has 0 aliphatic heterocycles. The molecule has 3 unspecified atom stereocenters. The van der Waals surface area contributed by atoms with Crippen LogP contribution in [0.5, 0.6) is 0 Å². The van der Waals surface area contributed by atoms with Crippen LogP contribution in [-0.4, -0.2) is 42.3 Å². The van der Waals surface area contributed by atoms with Crippen LogP contribution in [-0.2, 0) is 0 Å². The van der Waals surface area contributed by atoms with Gasteiger partial charge in [0.15, 0.2) is 0 Å². The van der Waals surface area contributed by atoms with Gasteiger partial charge in [0.05, 0.1) is 0 Å². The van der Waals surface area contributed by atoms with Gasteiger partial charge in [0.2, 0.25) is 0 Å². The lowest BCUT2D eigenvalue weighted by molar-refractivity contribution is 0.142. The van der Waals surface area contributed by atoms with Crippen molar-refractivity contribution >= 4 is 17.6 Å². The van der Waals surface area contributed by atoms with Crippen molar-refractivity contribution in [1.29, 1.82) is 0 Å². The topological polar surface area (TPSA) is 64.6 Å². The number of hydroxylamine groups is 1. The van der Waals surface area contributed by atoms with Crippen LogP contribution in [0.25, 0.3) is 0 Å². The van der Waals surface area contributed by atoms with Gasteiger partial charge in [-0.05, 0) is 48.3 Å². The number of carbonyl (C=O) groups excluding carboxylic acids is 1. The summed E-state index contributed by atoms with van der Waals surface area (Å²) in [6.07, 6.45) is 9.39. The summed E-state index contributed by atoms with van der Waals surface area (Å²) < 4.78 is 0. The number of nitrogens with zero attached hydrogens (tertiary/aromatic N) is 1. The maximum absolute atomic E-state index is 12.9. The minimum absolute atomic E-state index is 0.0530. The fraction of sp³-hybridized carbons (Fsp3) is 0.708. The summed E-state index contributed by atoms with van der Waals surface area (Å²) in [5.41, 5.74) is 3.50. The van der Waals surface area contributed by atoms with E-state index in [2.05, 4.69) is 30.7 Å². The average molecular weight is 438 g/mol. The van der Waals surface area contributed by atoms with Crippen LogP contribution in [0.2, 0.25) is 5.02 Å². The predicted molar refractivity (Wildman–Crippen MR) is 124 cm³/mol. The Kier molecular flexibility index (Phi) is 11.0. The van der Waals surface area contributed by atoms with E-state index in [-0.39, 0.29) is 12.1 Å². The molecule has 2 rings (SSSR count). The zero-order chi connectivity index (χ0) is 21.9. The molecule has 0 heterocycles. The van der Waals surface area contributed by atoms with E-state index in [1.807, 2.05) is 25.2 Å². The van der Waals surface area contributed by atoms with Crippen LogP contribution in [0, 0.1) is 11.8 Å². The highest BCUT2D eigenvalue weighted by Crippen LogP contribution is 2.31. The molecule has 1 aliphatic rings. The van der Waals surface area contributed by atoms with Gasteiger partial charge >= 0.3 is 6.03 Å². The Balaban J connectivity index is 1.93. The van der Waals surface area contributed by atoms with Crippen molar-refractivity contribution in [1.82, 2.24) is 15.7 Å². The van der Waals surface area contributed by atoms with E-state index in [0.717, 1.165) is 24.3 Å². The molecule has 0 bridgehead atoms. The fourth-order valence-corrected chi connectivity index (χ4v) is 5.08. The molecule has 2 amide bonds. The Morgan fingerprint density at radius 3 is 2.67 bits per heavy atom. The van der Waals surface area contributed by atoms with Crippen molar-refractivity contribution in [2.75, 3.05) is 20.1 Å². The Morgan fingerprint density at radius 1 is 1.30 bits per heavy atom. The molecule has 30 heavy (non-hydrogen) atoms. The second kappa shape index (κ2) is 13.2. The lowest BCUT2D eigenvalue weighted by atomic mass is 9.83. The first-order chi connectivity index (χ1) is 14.4. The maximum Gasteiger partial charge on any atom is 0.317 e. The highest BCUT2D eigenvalue weighted by atomic mass is 35.5. The number of halogens is 1. The Bertz CT molecular complexity index is 637. The van der Waals surface area contributed by atoms with Gasteiger partial charge in [0, 0.05) is 31.2 Å². The monoisotopic (exact) mass is 437 g/mol. The number of nitrogens with one attached hydrogen (secondary N) is 2. The normalized spacial score (nSPS) is 17.9. The first-order valence-electron chi connectivity index (χ1n) is 11.6. The van der Waals surface area contributed by atoms with Gasteiger partial charge in [-0.3, -0.25) is 0 Å². The molecule has 1 aromatic carbocycles. The van der Waals surface area contributed by atoms with Gasteiger partial charge in [-0.2, -0.15) is 0 Å². The van der Waals surface area contributed by atoms with Gasteiger partial charge in [-0.1, -0.05) is 76.1 Å². The number of benzene rings is 1. The number of rotatable bonds is 11. The smallest absolute Gasteiger partial charge is 0.317 e. The molecule has 1 aromatic rings. The van der Waals surface area contributed by atoms with Crippen LogP contribution in [0.15, 0.2) is 24.3 Å². The van der Waals surface area contributed by atoms with E-state index in [1.165, 1.54) is 37.7 Å². The predicted octanol–water partition coefficient (Wildman–Crippen LogP) is 5.82. The summed E-state index contributed by atoms with van der Waals surface area (Å²) in [5.74, 6) is 1.31. The molecule has 6 heteroatoms. The number of urea groups is 1. The molecule has 0 spiro atoms. The highest BCUT2D eigenvalue weighted by Gasteiger charge is 2.25. The van der Waals surface area contributed by atoms with Gasteiger partial charge in [0.25, 0.3) is 0 Å². The second-order valence-electron chi connectivity index (χ2n) is 9.06. The number of hydrogen-bond acceptors (Lipinski definition) is 3. The van der Waals surface area contributed by atoms with Crippen LogP contribution in [0.3, 0.4) is 0 Å². The zero-order valence-electron chi connectivity index (χ0n) is 18.9. The first kappa shape index (κ1) is 25.0. The number of amides is 2. The summed E-state index contributed by atoms with van der Waals surface area (Å²) in [6.45, 7) is 5.45. The van der Waals surface area contributed by atoms with Crippen molar-refractivity contribution < 1.29 is 10.0 Å². The fourth-order valence-electron chi connectivity index (χ4n) is 4.88. The van der Waals surface area contributed by atoms with E-state index in [9.17, 15) is 10.0 Å². The minimum atomic E-state index is -0.0701. The first-order valence-corrected chi connectivity index (χ1v) is 12.0. The lowest BCUT2D eigenvalue weighted by Gasteiger charge is -2.31. The van der Waals surface area contributed by atoms with E-state index in [4.69, 9.17) is 11.6 Å². The summed E-state index contributed by atoms with van der Waals surface area (Å²) in [6, 6.07) is 7.96. The summed E-state index contributed by atoms with van der Waals surface area (Å²) in [7, 11) is 1.86. The third-order valence-electron chi connectivity index (χ3n) is 6.48. The molecule has 170 valence electrons. The number of hydrogen-bond donors (Lipinski definition) is 3. The largest absolute Gasteiger partial charge is 0.334 e. The van der Waals surface area contributed by atoms with Crippen molar-refractivity contribution in [3.8, 4) is 0 Å². The van der Waals surface area contributed by atoms with Crippen LogP contribution in [0.4, 0.5) is 4.79 Å².